The molecule has 0 N–H and O–H groups in total. The maximum atomic E-state index is 13.4. The number of carbonyl (C=O) groups excluding carboxylic acids is 1. The topological polar surface area (TPSA) is 303 Å². The van der Waals surface area contributed by atoms with Gasteiger partial charge in [-0.05, 0) is 137 Å². The molecule has 13 aromatic heterocycles. The summed E-state index contributed by atoms with van der Waals surface area (Å²) in [4.78, 5) is 55.3. The number of ether oxygens (including phenoxy) is 1. The first-order chi connectivity index (χ1) is 61.6. The van der Waals surface area contributed by atoms with E-state index >= 15 is 0 Å². The minimum Gasteiger partial charge on any atom is -0.641 e. The summed E-state index contributed by atoms with van der Waals surface area (Å²) in [5, 5.41) is 28.0. The Bertz CT molecular complexity index is 5820. The number of halogens is 20. The molecule has 0 bridgehead atoms. The van der Waals surface area contributed by atoms with Crippen molar-refractivity contribution in [3.8, 4) is 96.7 Å². The Labute approximate surface area is 813 Å². The van der Waals surface area contributed by atoms with Crippen LogP contribution >= 0.6 is 0 Å². The summed E-state index contributed by atoms with van der Waals surface area (Å²) >= 11 is 0. The standard InChI is InChI=1S/C12H8F2NO.C11H6F2N.C11H7FN.C11H8N.C9H5F3N3.3C8H4F3N4.C8H7F3N2O.5Ir/c1-16-9-4-5-15-12(7-9)10-3-2-8(13)6-11(10)14;12-8-4-5-9(10(13)7-8)11-3-1-2-6-14-11;12-10-6-4-9(5-7-10)11-3-1-2-8-13-11;1-2-6-10(7-3-1)11-8-4-5-9-12-11;10-9(11,12)8-5-7(14-15-8)6-3-1-2-4-13-6;3*9-8(10,11)7-13-6(14-15-7)5-3-1-2-4-12-5;9-8(10,11)7(14)13-5-6-3-1-2-4-12-6;;;;;/h2,4-7H,1H3;1-4,6-7H;1-4,6-8H;1-6,8-9H;1-5H;3*1-4H;1-4H,5H2,(H,13,14);;;;;/q8*-1;;;;;;/p-1. The van der Waals surface area contributed by atoms with Crippen LogP contribution in [0.3, 0.4) is 0 Å². The summed E-state index contributed by atoms with van der Waals surface area (Å²) in [5.41, 5.74) is 5.37. The molecule has 0 saturated carbocycles. The van der Waals surface area contributed by atoms with Crippen LogP contribution in [0.1, 0.15) is 28.9 Å². The quantitative estimate of drug-likeness (QED) is 0.0858. The van der Waals surface area contributed by atoms with Gasteiger partial charge in [-0.3, -0.25) is 62.2 Å². The van der Waals surface area contributed by atoms with Crippen LogP contribution in [0, 0.1) is 53.4 Å². The van der Waals surface area contributed by atoms with E-state index < -0.39 is 83.2 Å². The van der Waals surface area contributed by atoms with Gasteiger partial charge in [0.25, 0.3) is 0 Å². The number of pyridine rings is 9. The van der Waals surface area contributed by atoms with E-state index in [1.54, 1.807) is 122 Å². The Kier molecular flexibility index (Phi) is 46.9. The van der Waals surface area contributed by atoms with Crippen LogP contribution in [0.5, 0.6) is 5.75 Å². The van der Waals surface area contributed by atoms with Gasteiger partial charge in [0, 0.05) is 197 Å². The number of carbonyl (C=O) groups is 1. The van der Waals surface area contributed by atoms with E-state index in [4.69, 9.17) is 4.74 Å². The normalized spacial score (nSPS) is 10.5. The van der Waals surface area contributed by atoms with Gasteiger partial charge in [-0.2, -0.15) is 65.9 Å². The molecule has 0 saturated heterocycles. The molecule has 23 nitrogen and oxygen atoms in total. The number of methoxy groups -OCH3 is 1. The number of alkyl halides is 15. The van der Waals surface area contributed by atoms with Crippen molar-refractivity contribution in [1.29, 1.82) is 0 Å². The molecule has 0 unspecified atom stereocenters. The third kappa shape index (κ3) is 37.6. The third-order valence-electron chi connectivity index (χ3n) is 15.1. The Morgan fingerprint density at radius 1 is 0.343 bits per heavy atom. The fourth-order valence-corrected chi connectivity index (χ4v) is 9.33. The van der Waals surface area contributed by atoms with Crippen molar-refractivity contribution < 1.29 is 198 Å². The zero-order valence-electron chi connectivity index (χ0n) is 66.8. The Balaban J connectivity index is 0.000000314. The molecule has 0 aliphatic rings. The van der Waals surface area contributed by atoms with E-state index in [2.05, 4.69) is 130 Å². The average molecular weight is 2750 g/mol. The molecule has 48 heteroatoms. The minimum absolute atomic E-state index is 0. The largest absolute Gasteiger partial charge is 0.641 e. The molecule has 17 aromatic rings. The molecule has 4 aromatic carbocycles. The van der Waals surface area contributed by atoms with Gasteiger partial charge in [0.05, 0.1) is 24.2 Å². The molecule has 13 heterocycles. The fourth-order valence-electron chi connectivity index (χ4n) is 9.33. The van der Waals surface area contributed by atoms with Gasteiger partial charge in [0.2, 0.25) is 0 Å². The predicted molar refractivity (Wildman–Crippen MR) is 419 cm³/mol. The summed E-state index contributed by atoms with van der Waals surface area (Å²) < 4.78 is 250. The molecule has 5 radical (unpaired) electrons. The van der Waals surface area contributed by atoms with Gasteiger partial charge in [0.1, 0.15) is 28.9 Å². The van der Waals surface area contributed by atoms with Crippen LogP contribution in [0.2, 0.25) is 0 Å². The number of hydrogen-bond acceptors (Lipinski definition) is 18. The molecule has 17 rings (SSSR count). The van der Waals surface area contributed by atoms with Gasteiger partial charge < -0.3 is 75.2 Å². The Morgan fingerprint density at radius 2 is 0.709 bits per heavy atom. The Morgan fingerprint density at radius 3 is 1.04 bits per heavy atom. The molecule has 0 aliphatic heterocycles. The van der Waals surface area contributed by atoms with Crippen molar-refractivity contribution in [2.24, 2.45) is 0 Å². The van der Waals surface area contributed by atoms with E-state index in [1.165, 1.54) is 80.7 Å². The van der Waals surface area contributed by atoms with Crippen molar-refractivity contribution in [1.82, 2.24) is 101 Å². The molecule has 0 atom stereocenters. The second kappa shape index (κ2) is 55.5. The van der Waals surface area contributed by atoms with Crippen LogP contribution in [0.4, 0.5) is 87.8 Å². The first-order valence-corrected chi connectivity index (χ1v) is 36.0. The van der Waals surface area contributed by atoms with E-state index in [9.17, 15) is 92.6 Å². The number of hydrogen-bond donors (Lipinski definition) is 0. The summed E-state index contributed by atoms with van der Waals surface area (Å²) in [7, 11) is 1.50. The molecule has 0 aliphatic carbocycles. The Hall–Kier alpha value is -13.0. The maximum absolute atomic E-state index is 13.4. The predicted octanol–water partition coefficient (Wildman–Crippen LogP) is 19.6. The van der Waals surface area contributed by atoms with Crippen molar-refractivity contribution in [3.05, 3.63) is 374 Å². The first kappa shape index (κ1) is 113. The van der Waals surface area contributed by atoms with Crippen molar-refractivity contribution in [3.63, 3.8) is 0 Å². The fraction of sp³-hybridized carbons (Fsp3) is 0.0814. The number of rotatable bonds is 11. The molecule has 0 spiro atoms. The van der Waals surface area contributed by atoms with Crippen LogP contribution < -0.4 is 25.1 Å². The second-order valence-electron chi connectivity index (χ2n) is 24.3. The van der Waals surface area contributed by atoms with E-state index in [1.807, 2.05) is 60.7 Å². The van der Waals surface area contributed by atoms with E-state index in [-0.39, 0.29) is 164 Å². The van der Waals surface area contributed by atoms with Gasteiger partial charge in [0.15, 0.2) is 5.91 Å². The molecular weight excluding hydrogens is 2700 g/mol. The third-order valence-corrected chi connectivity index (χ3v) is 15.1. The van der Waals surface area contributed by atoms with Crippen molar-refractivity contribution >= 4 is 5.91 Å². The number of nitrogens with zero attached hydrogens (tertiary/aromatic N) is 21. The monoisotopic (exact) mass is 2760 g/mol. The summed E-state index contributed by atoms with van der Waals surface area (Å²) in [6.07, 6.45) is -9.30. The summed E-state index contributed by atoms with van der Waals surface area (Å²) in [5.74, 6) is -8.55. The molecule has 707 valence electrons. The number of aromatic nitrogens is 20. The second-order valence-corrected chi connectivity index (χ2v) is 24.3. The smallest absolute Gasteiger partial charge is 0.432 e. The average Bonchev–Trinajstić information content (AvgIpc) is 1.64. The van der Waals surface area contributed by atoms with E-state index in [0.29, 0.717) is 28.5 Å². The molecule has 0 fully saturated rings. The zero-order chi connectivity index (χ0) is 93.0. The molecular formula is C86H52F20Ir5N21O2-9. The summed E-state index contributed by atoms with van der Waals surface area (Å²) in [6, 6.07) is 71.6. The summed E-state index contributed by atoms with van der Waals surface area (Å²) in [6.45, 7) is -0.348. The zero-order valence-corrected chi connectivity index (χ0v) is 78.8. The van der Waals surface area contributed by atoms with Crippen molar-refractivity contribution in [2.45, 2.75) is 37.4 Å². The molecule has 134 heavy (non-hydrogen) atoms. The SMILES string of the molecule is COc1ccnc(-c2[c-]cc(F)cc2F)c1.FC(F)(F)c1cc(-c2ccccn2)[n-]n1.FC(F)(F)c1n[n-]c(-c2ccccn2)n1.FC(F)(F)c1n[n-]c(-c2ccccn2)n1.FC(F)(F)c1n[n-]c(-c2ccccn2)n1.Fc1c[c-]c(-c2ccccn2)c(F)c1.Fc1c[c-]c(-c2ccccn2)cc1.O=C([N-]Cc1ccccn1)C(F)(F)F.[Ir].[Ir].[Ir].[Ir].[Ir].[c-]1ccccc1-c1ccccn1. The molecule has 1 amide bonds. The van der Waals surface area contributed by atoms with Gasteiger partial charge in [-0.15, -0.1) is 90.0 Å². The number of benzene rings is 4. The van der Waals surface area contributed by atoms with Crippen LogP contribution in [-0.4, -0.2) is 99.4 Å². The van der Waals surface area contributed by atoms with Gasteiger partial charge in [-0.25, -0.2) is 0 Å². The van der Waals surface area contributed by atoms with Crippen LogP contribution in [0.15, 0.2) is 286 Å². The maximum Gasteiger partial charge on any atom is 0.432 e. The van der Waals surface area contributed by atoms with E-state index in [0.717, 1.165) is 52.8 Å². The van der Waals surface area contributed by atoms with Crippen LogP contribution in [-0.2, 0) is 137 Å². The number of amides is 1. The van der Waals surface area contributed by atoms with Crippen LogP contribution in [0.25, 0.3) is 96.3 Å². The first-order valence-electron chi connectivity index (χ1n) is 36.0. The minimum atomic E-state index is -4.89. The van der Waals surface area contributed by atoms with Crippen molar-refractivity contribution in [2.75, 3.05) is 7.11 Å². The van der Waals surface area contributed by atoms with Gasteiger partial charge in [-0.1, -0.05) is 102 Å². The van der Waals surface area contributed by atoms with Gasteiger partial charge >= 0.3 is 30.9 Å².